The molecule has 2 amide bonds. The van der Waals surface area contributed by atoms with E-state index in [1.165, 1.54) is 11.3 Å². The number of nitrogens with one attached hydrogen (secondary N) is 1. The van der Waals surface area contributed by atoms with Gasteiger partial charge < -0.3 is 19.7 Å². The van der Waals surface area contributed by atoms with E-state index in [9.17, 15) is 19.2 Å². The summed E-state index contributed by atoms with van der Waals surface area (Å²) in [5.41, 5.74) is 3.76. The fourth-order valence-electron chi connectivity index (χ4n) is 5.13. The summed E-state index contributed by atoms with van der Waals surface area (Å²) in [5, 5.41) is 13.5. The molecule has 1 aliphatic carbocycles. The summed E-state index contributed by atoms with van der Waals surface area (Å²) in [4.78, 5) is 52.8. The van der Waals surface area contributed by atoms with E-state index in [1.807, 2.05) is 35.8 Å². The first-order valence-electron chi connectivity index (χ1n) is 12.9. The molecule has 1 saturated heterocycles. The molecule has 2 aromatic heterocycles. The molecule has 2 N–H and O–H groups in total. The van der Waals surface area contributed by atoms with Crippen molar-refractivity contribution < 1.29 is 29.0 Å². The third-order valence-electron chi connectivity index (χ3n) is 6.93. The molecule has 1 aliphatic heterocycles. The lowest BCUT2D eigenvalue weighted by Crippen LogP contribution is -2.33. The number of rotatable bonds is 8. The largest absolute Gasteiger partial charge is 0.480 e. The van der Waals surface area contributed by atoms with Crippen molar-refractivity contribution in [2.45, 2.75) is 46.1 Å². The number of carboxylic acid groups (broad SMARTS) is 1. The highest BCUT2D eigenvalue weighted by Crippen LogP contribution is 2.39. The number of amides is 2. The van der Waals surface area contributed by atoms with Gasteiger partial charge in [0.25, 0.3) is 5.91 Å². The van der Waals surface area contributed by atoms with Crippen LogP contribution in [0.1, 0.15) is 51.8 Å². The second kappa shape index (κ2) is 11.6. The van der Waals surface area contributed by atoms with Gasteiger partial charge in [-0.2, -0.15) is 0 Å². The molecule has 0 saturated carbocycles. The van der Waals surface area contributed by atoms with Crippen LogP contribution in [0, 0.1) is 6.92 Å². The summed E-state index contributed by atoms with van der Waals surface area (Å²) in [6, 6.07) is 7.56. The SMILES string of the molecule is CCOC(=O)c1c(NC(=O)Cn2c(C)c(/C=C3/SC(=S)N(CC(=O)O)C3=O)c3ccccc32)sc2c1CCCC2. The van der Waals surface area contributed by atoms with E-state index in [0.29, 0.717) is 15.5 Å². The first-order chi connectivity index (χ1) is 19.2. The molecule has 5 rings (SSSR count). The summed E-state index contributed by atoms with van der Waals surface area (Å²) in [5.74, 6) is -2.30. The topological polar surface area (TPSA) is 118 Å². The van der Waals surface area contributed by atoms with Crippen LogP contribution in [-0.2, 0) is 38.5 Å². The Labute approximate surface area is 244 Å². The van der Waals surface area contributed by atoms with Gasteiger partial charge in [-0.05, 0) is 57.2 Å². The van der Waals surface area contributed by atoms with Crippen molar-refractivity contribution in [1.29, 1.82) is 0 Å². The van der Waals surface area contributed by atoms with Crippen molar-refractivity contribution in [1.82, 2.24) is 9.47 Å². The monoisotopic (exact) mass is 597 g/mol. The van der Waals surface area contributed by atoms with Gasteiger partial charge in [0.1, 0.15) is 22.4 Å². The molecule has 0 radical (unpaired) electrons. The number of esters is 1. The number of hydrogen-bond donors (Lipinski definition) is 2. The zero-order valence-electron chi connectivity index (χ0n) is 21.9. The summed E-state index contributed by atoms with van der Waals surface area (Å²) in [6.45, 7) is 3.37. The highest BCUT2D eigenvalue weighted by Gasteiger charge is 2.34. The van der Waals surface area contributed by atoms with E-state index in [2.05, 4.69) is 5.32 Å². The fourth-order valence-corrected chi connectivity index (χ4v) is 7.66. The van der Waals surface area contributed by atoms with Crippen LogP contribution in [0.15, 0.2) is 29.2 Å². The van der Waals surface area contributed by atoms with Crippen LogP contribution in [0.4, 0.5) is 5.00 Å². The highest BCUT2D eigenvalue weighted by atomic mass is 32.2. The predicted octanol–water partition coefficient (Wildman–Crippen LogP) is 4.99. The molecule has 3 aromatic rings. The van der Waals surface area contributed by atoms with E-state index in [1.54, 1.807) is 13.0 Å². The van der Waals surface area contributed by atoms with Crippen LogP contribution in [-0.4, -0.2) is 55.8 Å². The number of thiocarbonyl (C=S) groups is 1. The minimum Gasteiger partial charge on any atom is -0.480 e. The molecule has 3 heterocycles. The van der Waals surface area contributed by atoms with Crippen LogP contribution in [0.25, 0.3) is 17.0 Å². The molecule has 0 spiro atoms. The number of thiophene rings is 1. The number of nitrogens with zero attached hydrogens (tertiary/aromatic N) is 2. The maximum Gasteiger partial charge on any atom is 0.341 e. The predicted molar refractivity (Wildman–Crippen MR) is 160 cm³/mol. The third kappa shape index (κ3) is 5.30. The van der Waals surface area contributed by atoms with Crippen LogP contribution >= 0.6 is 35.3 Å². The van der Waals surface area contributed by atoms with Crippen molar-refractivity contribution >= 4 is 85.4 Å². The molecule has 208 valence electrons. The number of hydrogen-bond acceptors (Lipinski definition) is 8. The van der Waals surface area contributed by atoms with Crippen molar-refractivity contribution in [2.75, 3.05) is 18.5 Å². The van der Waals surface area contributed by atoms with Gasteiger partial charge in [-0.1, -0.05) is 42.2 Å². The summed E-state index contributed by atoms with van der Waals surface area (Å²) in [6.07, 6.45) is 5.43. The molecular weight excluding hydrogens is 571 g/mol. The number of ether oxygens (including phenoxy) is 1. The van der Waals surface area contributed by atoms with Gasteiger partial charge in [-0.25, -0.2) is 4.79 Å². The number of carboxylic acids is 1. The lowest BCUT2D eigenvalue weighted by atomic mass is 9.95. The molecule has 9 nitrogen and oxygen atoms in total. The zero-order chi connectivity index (χ0) is 28.6. The van der Waals surface area contributed by atoms with Gasteiger partial charge in [-0.15, -0.1) is 11.3 Å². The van der Waals surface area contributed by atoms with E-state index >= 15 is 0 Å². The molecule has 1 aromatic carbocycles. The van der Waals surface area contributed by atoms with Gasteiger partial charge in [-0.3, -0.25) is 19.3 Å². The Bertz CT molecular complexity index is 1600. The Morgan fingerprint density at radius 2 is 1.93 bits per heavy atom. The highest BCUT2D eigenvalue weighted by molar-refractivity contribution is 8.26. The Kier molecular flexibility index (Phi) is 8.11. The summed E-state index contributed by atoms with van der Waals surface area (Å²) < 4.78 is 7.37. The molecule has 40 heavy (non-hydrogen) atoms. The first-order valence-corrected chi connectivity index (χ1v) is 14.9. The van der Waals surface area contributed by atoms with Crippen LogP contribution in [0.3, 0.4) is 0 Å². The van der Waals surface area contributed by atoms with Gasteiger partial charge in [0.05, 0.1) is 17.1 Å². The average molecular weight is 598 g/mol. The lowest BCUT2D eigenvalue weighted by molar-refractivity contribution is -0.140. The fraction of sp³-hybridized carbons (Fsp3) is 0.321. The third-order valence-corrected chi connectivity index (χ3v) is 9.51. The van der Waals surface area contributed by atoms with E-state index in [4.69, 9.17) is 22.1 Å². The molecule has 2 aliphatic rings. The molecule has 1 fully saturated rings. The average Bonchev–Trinajstić information content (AvgIpc) is 3.50. The standard InChI is InChI=1S/C28H27N3O6S3/c1-3-37-27(36)24-17-9-5-7-11-20(17)39-25(24)29-22(32)13-30-15(2)18(16-8-4-6-10-19(16)30)12-21-26(35)31(14-23(33)34)28(38)40-21/h4,6,8,10,12H,3,5,7,9,11,13-14H2,1-2H3,(H,29,32)(H,33,34)/b21-12+. The van der Waals surface area contributed by atoms with Crippen molar-refractivity contribution in [3.8, 4) is 0 Å². The van der Waals surface area contributed by atoms with Crippen LogP contribution in [0.5, 0.6) is 0 Å². The van der Waals surface area contributed by atoms with Gasteiger partial charge in [0.15, 0.2) is 0 Å². The molecule has 0 atom stereocenters. The van der Waals surface area contributed by atoms with Crippen molar-refractivity contribution in [3.63, 3.8) is 0 Å². The van der Waals surface area contributed by atoms with Gasteiger partial charge in [0.2, 0.25) is 5.91 Å². The number of aromatic nitrogens is 1. The number of carbonyl (C=O) groups is 4. The summed E-state index contributed by atoms with van der Waals surface area (Å²) >= 11 is 7.73. The number of aryl methyl sites for hydroxylation is 1. The number of aliphatic carboxylic acids is 1. The van der Waals surface area contributed by atoms with Crippen LogP contribution < -0.4 is 5.32 Å². The quantitative estimate of drug-likeness (QED) is 0.212. The molecule has 12 heteroatoms. The zero-order valence-corrected chi connectivity index (χ0v) is 24.4. The maximum atomic E-state index is 13.4. The second-order valence-electron chi connectivity index (χ2n) is 9.45. The number of para-hydroxylation sites is 1. The lowest BCUT2D eigenvalue weighted by Gasteiger charge is -2.12. The molecule has 0 bridgehead atoms. The smallest absolute Gasteiger partial charge is 0.341 e. The minimum atomic E-state index is -1.14. The normalized spacial score (nSPS) is 16.1. The van der Waals surface area contributed by atoms with Crippen molar-refractivity contribution in [2.24, 2.45) is 0 Å². The number of carbonyl (C=O) groups excluding carboxylic acids is 3. The first kappa shape index (κ1) is 28.1. The number of benzene rings is 1. The number of thioether (sulfide) groups is 1. The number of fused-ring (bicyclic) bond motifs is 2. The van der Waals surface area contributed by atoms with Crippen LogP contribution in [0.2, 0.25) is 0 Å². The van der Waals surface area contributed by atoms with Gasteiger partial charge >= 0.3 is 11.9 Å². The van der Waals surface area contributed by atoms with E-state index < -0.39 is 24.4 Å². The Morgan fingerprint density at radius 3 is 2.67 bits per heavy atom. The van der Waals surface area contributed by atoms with E-state index in [-0.39, 0.29) is 23.4 Å². The molecule has 0 unspecified atom stereocenters. The summed E-state index contributed by atoms with van der Waals surface area (Å²) in [7, 11) is 0. The minimum absolute atomic E-state index is 0.00894. The second-order valence-corrected chi connectivity index (χ2v) is 12.2. The Balaban J connectivity index is 1.46. The van der Waals surface area contributed by atoms with Crippen molar-refractivity contribution in [3.05, 3.63) is 56.4 Å². The maximum absolute atomic E-state index is 13.4. The Morgan fingerprint density at radius 1 is 1.18 bits per heavy atom. The molecular formula is C28H27N3O6S3. The number of anilines is 1. The van der Waals surface area contributed by atoms with Gasteiger partial charge in [0, 0.05) is 27.0 Å². The Hall–Kier alpha value is -3.48. The van der Waals surface area contributed by atoms with E-state index in [0.717, 1.165) is 74.9 Å².